The lowest BCUT2D eigenvalue weighted by molar-refractivity contribution is 0.375. The smallest absolute Gasteiger partial charge is 0.243 e. The van der Waals surface area contributed by atoms with Crippen LogP contribution in [0, 0.1) is 5.82 Å². The number of hydrogen-bond donors (Lipinski definition) is 2. The molecule has 0 aliphatic rings. The van der Waals surface area contributed by atoms with Gasteiger partial charge in [0.1, 0.15) is 11.6 Å². The van der Waals surface area contributed by atoms with Crippen LogP contribution in [-0.2, 0) is 29.7 Å². The van der Waals surface area contributed by atoms with Gasteiger partial charge in [-0.3, -0.25) is 4.98 Å². The molecular formula is C28H27FN4O3S2. The number of pyridine rings is 1. The number of ether oxygens (including phenoxy) is 1. The summed E-state index contributed by atoms with van der Waals surface area (Å²) in [6.45, 7) is 0.665. The zero-order valence-corrected chi connectivity index (χ0v) is 22.3. The molecule has 4 rings (SSSR count). The third-order valence-electron chi connectivity index (χ3n) is 5.76. The number of nitrogens with one attached hydrogen (secondary N) is 2. The molecule has 4 aromatic rings. The van der Waals surface area contributed by atoms with Crippen LogP contribution >= 0.6 is 12.2 Å². The largest absolute Gasteiger partial charge is 0.496 e. The van der Waals surface area contributed by atoms with Crippen LogP contribution in [-0.4, -0.2) is 29.9 Å². The van der Waals surface area contributed by atoms with E-state index in [1.807, 2.05) is 30.3 Å². The van der Waals surface area contributed by atoms with E-state index in [1.165, 1.54) is 28.6 Å². The molecule has 1 heterocycles. The first kappa shape index (κ1) is 27.2. The Hall–Kier alpha value is -3.86. The lowest BCUT2D eigenvalue weighted by Crippen LogP contribution is -2.30. The molecule has 0 bridgehead atoms. The Labute approximate surface area is 227 Å². The maximum absolute atomic E-state index is 13.7. The van der Waals surface area contributed by atoms with Crippen molar-refractivity contribution in [3.05, 3.63) is 120 Å². The average Bonchev–Trinajstić information content (AvgIpc) is 2.94. The monoisotopic (exact) mass is 550 g/mol. The summed E-state index contributed by atoms with van der Waals surface area (Å²) in [4.78, 5) is 4.11. The quantitative estimate of drug-likeness (QED) is 0.266. The van der Waals surface area contributed by atoms with Gasteiger partial charge in [-0.1, -0.05) is 30.3 Å². The molecule has 0 spiro atoms. The van der Waals surface area contributed by atoms with Crippen molar-refractivity contribution in [3.8, 4) is 5.75 Å². The maximum atomic E-state index is 13.7. The molecule has 10 heteroatoms. The molecule has 38 heavy (non-hydrogen) atoms. The zero-order chi connectivity index (χ0) is 27.0. The number of sulfonamides is 1. The predicted molar refractivity (Wildman–Crippen MR) is 150 cm³/mol. The molecule has 0 radical (unpaired) electrons. The second-order valence-electron chi connectivity index (χ2n) is 8.40. The summed E-state index contributed by atoms with van der Waals surface area (Å²) >= 11 is 5.36. The molecule has 196 valence electrons. The van der Waals surface area contributed by atoms with Crippen LogP contribution in [0.1, 0.15) is 16.7 Å². The van der Waals surface area contributed by atoms with Gasteiger partial charge in [-0.2, -0.15) is 4.31 Å². The van der Waals surface area contributed by atoms with Crippen LogP contribution in [0.3, 0.4) is 0 Å². The van der Waals surface area contributed by atoms with Crippen molar-refractivity contribution in [1.82, 2.24) is 14.6 Å². The summed E-state index contributed by atoms with van der Waals surface area (Å²) in [5, 5.41) is 6.58. The first-order valence-electron chi connectivity index (χ1n) is 11.8. The first-order valence-corrected chi connectivity index (χ1v) is 13.6. The van der Waals surface area contributed by atoms with Gasteiger partial charge < -0.3 is 15.4 Å². The highest BCUT2D eigenvalue weighted by Gasteiger charge is 2.26. The molecule has 0 amide bonds. The summed E-state index contributed by atoms with van der Waals surface area (Å²) in [6, 6.07) is 23.2. The van der Waals surface area contributed by atoms with Gasteiger partial charge in [-0.25, -0.2) is 12.8 Å². The summed E-state index contributed by atoms with van der Waals surface area (Å²) in [7, 11) is -2.38. The minimum atomic E-state index is -3.92. The van der Waals surface area contributed by atoms with Gasteiger partial charge in [-0.05, 0) is 77.9 Å². The topological polar surface area (TPSA) is 83.6 Å². The molecule has 0 atom stereocenters. The minimum absolute atomic E-state index is 0.0592. The van der Waals surface area contributed by atoms with Crippen LogP contribution in [0.25, 0.3) is 0 Å². The molecule has 0 aliphatic heterocycles. The van der Waals surface area contributed by atoms with E-state index in [0.717, 1.165) is 5.56 Å². The van der Waals surface area contributed by atoms with Crippen molar-refractivity contribution in [2.24, 2.45) is 0 Å². The Morgan fingerprint density at radius 1 is 0.921 bits per heavy atom. The Kier molecular flexibility index (Phi) is 9.01. The number of anilines is 1. The summed E-state index contributed by atoms with van der Waals surface area (Å²) in [5.41, 5.74) is 3.05. The van der Waals surface area contributed by atoms with Crippen molar-refractivity contribution >= 4 is 33.0 Å². The fraction of sp³-hybridized carbons (Fsp3) is 0.143. The van der Waals surface area contributed by atoms with Gasteiger partial charge in [0, 0.05) is 43.3 Å². The molecule has 0 aliphatic carbocycles. The van der Waals surface area contributed by atoms with Crippen LogP contribution in [0.2, 0.25) is 0 Å². The molecule has 0 fully saturated rings. The number of methoxy groups -OCH3 is 1. The number of nitrogens with zero attached hydrogens (tertiary/aromatic N) is 2. The number of para-hydroxylation sites is 1. The number of rotatable bonds is 10. The van der Waals surface area contributed by atoms with E-state index in [1.54, 1.807) is 49.8 Å². The predicted octanol–water partition coefficient (Wildman–Crippen LogP) is 5.11. The number of thiocarbonyl (C=S) groups is 1. The Morgan fingerprint density at radius 2 is 1.61 bits per heavy atom. The van der Waals surface area contributed by atoms with Gasteiger partial charge in [0.25, 0.3) is 0 Å². The first-order chi connectivity index (χ1) is 18.3. The highest BCUT2D eigenvalue weighted by molar-refractivity contribution is 7.89. The second-order valence-corrected chi connectivity index (χ2v) is 10.7. The second kappa shape index (κ2) is 12.6. The van der Waals surface area contributed by atoms with Crippen molar-refractivity contribution in [3.63, 3.8) is 0 Å². The SMILES string of the molecule is COc1ccccc1CN(Cc1ccc(F)cc1)S(=O)(=O)c1ccc(NC(=S)NCc2ccncc2)cc1. The minimum Gasteiger partial charge on any atom is -0.496 e. The van der Waals surface area contributed by atoms with E-state index in [0.29, 0.717) is 34.2 Å². The van der Waals surface area contributed by atoms with E-state index in [2.05, 4.69) is 15.6 Å². The van der Waals surface area contributed by atoms with E-state index in [9.17, 15) is 12.8 Å². The van der Waals surface area contributed by atoms with E-state index in [4.69, 9.17) is 17.0 Å². The van der Waals surface area contributed by atoms with E-state index in [-0.39, 0.29) is 23.8 Å². The Balaban J connectivity index is 1.52. The van der Waals surface area contributed by atoms with Gasteiger partial charge in [0.15, 0.2) is 5.11 Å². The number of hydrogen-bond acceptors (Lipinski definition) is 5. The summed E-state index contributed by atoms with van der Waals surface area (Å²) in [6.07, 6.45) is 3.42. The lowest BCUT2D eigenvalue weighted by atomic mass is 10.2. The van der Waals surface area contributed by atoms with E-state index < -0.39 is 10.0 Å². The van der Waals surface area contributed by atoms with Crippen LogP contribution in [0.5, 0.6) is 5.75 Å². The highest BCUT2D eigenvalue weighted by atomic mass is 32.2. The molecule has 2 N–H and O–H groups in total. The molecule has 0 unspecified atom stereocenters. The van der Waals surface area contributed by atoms with Gasteiger partial charge in [-0.15, -0.1) is 0 Å². The highest BCUT2D eigenvalue weighted by Crippen LogP contribution is 2.26. The molecule has 7 nitrogen and oxygen atoms in total. The summed E-state index contributed by atoms with van der Waals surface area (Å²) < 4.78 is 47.7. The third kappa shape index (κ3) is 7.12. The van der Waals surface area contributed by atoms with Crippen molar-refractivity contribution in [2.45, 2.75) is 24.5 Å². The van der Waals surface area contributed by atoms with Crippen molar-refractivity contribution in [2.75, 3.05) is 12.4 Å². The third-order valence-corrected chi connectivity index (χ3v) is 7.82. The normalized spacial score (nSPS) is 11.2. The number of aromatic nitrogens is 1. The Bertz CT molecular complexity index is 1470. The fourth-order valence-corrected chi connectivity index (χ4v) is 5.36. The van der Waals surface area contributed by atoms with Crippen LogP contribution in [0.15, 0.2) is 102 Å². The number of halogens is 1. The summed E-state index contributed by atoms with van der Waals surface area (Å²) in [5.74, 6) is 0.197. The molecule has 1 aromatic heterocycles. The average molecular weight is 551 g/mol. The molecule has 0 saturated carbocycles. The standard InChI is InChI=1S/C28H27FN4O3S2/c1-36-27-5-3-2-4-23(27)20-33(19-22-6-8-24(29)9-7-22)38(34,35)26-12-10-25(11-13-26)32-28(37)31-18-21-14-16-30-17-15-21/h2-17H,18-20H2,1H3,(H2,31,32,37). The van der Waals surface area contributed by atoms with Crippen molar-refractivity contribution < 1.29 is 17.5 Å². The molecular weight excluding hydrogens is 523 g/mol. The molecule has 0 saturated heterocycles. The van der Waals surface area contributed by atoms with Crippen LogP contribution in [0.4, 0.5) is 10.1 Å². The van der Waals surface area contributed by atoms with Crippen LogP contribution < -0.4 is 15.4 Å². The fourth-order valence-electron chi connectivity index (χ4n) is 3.76. The Morgan fingerprint density at radius 3 is 2.29 bits per heavy atom. The van der Waals surface area contributed by atoms with E-state index >= 15 is 0 Å². The lowest BCUT2D eigenvalue weighted by Gasteiger charge is -2.23. The number of benzene rings is 3. The van der Waals surface area contributed by atoms with Gasteiger partial charge in [0.2, 0.25) is 10.0 Å². The van der Waals surface area contributed by atoms with Gasteiger partial charge >= 0.3 is 0 Å². The zero-order valence-electron chi connectivity index (χ0n) is 20.7. The van der Waals surface area contributed by atoms with Gasteiger partial charge in [0.05, 0.1) is 12.0 Å². The molecule has 3 aromatic carbocycles. The maximum Gasteiger partial charge on any atom is 0.243 e. The van der Waals surface area contributed by atoms with Crippen molar-refractivity contribution in [1.29, 1.82) is 0 Å².